The van der Waals surface area contributed by atoms with Gasteiger partial charge in [0, 0.05) is 12.8 Å². The number of aliphatic hydroxyl groups is 1. The molecule has 0 aliphatic heterocycles. The minimum atomic E-state index is -0.441. The highest BCUT2D eigenvalue weighted by atomic mass is 16.3. The van der Waals surface area contributed by atoms with Crippen LogP contribution in [0.25, 0.3) is 0 Å². The maximum atomic E-state index is 11.1. The standard InChI is InChI=1S/C16H31O2/c1-3-5-6-7-8-9-10-11-12-13-16(18)14-15(17)4-2/h16,18H,2-14H2,1H3. The number of unbranched alkanes of at least 4 members (excludes halogenated alkanes) is 8. The SMILES string of the molecule is [CH2]CC(=O)CC(O)CCCCCCCCCCC. The first-order valence-corrected chi connectivity index (χ1v) is 7.69. The van der Waals surface area contributed by atoms with Crippen molar-refractivity contribution in [1.82, 2.24) is 0 Å². The number of aliphatic hydroxyl groups excluding tert-OH is 1. The van der Waals surface area contributed by atoms with Gasteiger partial charge in [-0.3, -0.25) is 4.79 Å². The molecule has 0 aliphatic rings. The molecule has 2 nitrogen and oxygen atoms in total. The Hall–Kier alpha value is -0.370. The summed E-state index contributed by atoms with van der Waals surface area (Å²) >= 11 is 0. The molecule has 1 N–H and O–H groups in total. The topological polar surface area (TPSA) is 37.3 Å². The molecule has 0 spiro atoms. The third-order valence-corrected chi connectivity index (χ3v) is 3.38. The number of rotatable bonds is 13. The van der Waals surface area contributed by atoms with E-state index in [2.05, 4.69) is 13.8 Å². The summed E-state index contributed by atoms with van der Waals surface area (Å²) < 4.78 is 0. The number of ketones is 1. The van der Waals surface area contributed by atoms with Gasteiger partial charge in [-0.05, 0) is 13.3 Å². The van der Waals surface area contributed by atoms with E-state index in [0.29, 0.717) is 12.8 Å². The van der Waals surface area contributed by atoms with Crippen molar-refractivity contribution < 1.29 is 9.90 Å². The third-order valence-electron chi connectivity index (χ3n) is 3.38. The van der Waals surface area contributed by atoms with Gasteiger partial charge in [-0.25, -0.2) is 0 Å². The van der Waals surface area contributed by atoms with Crippen molar-refractivity contribution in [2.75, 3.05) is 0 Å². The van der Waals surface area contributed by atoms with Crippen LogP contribution < -0.4 is 0 Å². The zero-order chi connectivity index (χ0) is 13.6. The van der Waals surface area contributed by atoms with Gasteiger partial charge in [0.05, 0.1) is 6.10 Å². The minimum absolute atomic E-state index is 0.0680. The molecule has 0 saturated carbocycles. The molecule has 18 heavy (non-hydrogen) atoms. The maximum absolute atomic E-state index is 11.1. The van der Waals surface area contributed by atoms with Crippen molar-refractivity contribution in [1.29, 1.82) is 0 Å². The normalized spacial score (nSPS) is 12.6. The number of Topliss-reactive ketones (excluding diaryl/α,β-unsaturated/α-hetero) is 1. The lowest BCUT2D eigenvalue weighted by molar-refractivity contribution is -0.120. The van der Waals surface area contributed by atoms with Crippen molar-refractivity contribution in [2.45, 2.75) is 90.1 Å². The van der Waals surface area contributed by atoms with Crippen LogP contribution in [-0.4, -0.2) is 17.0 Å². The number of carbonyl (C=O) groups excluding carboxylic acids is 1. The molecule has 0 aromatic heterocycles. The van der Waals surface area contributed by atoms with Gasteiger partial charge in [-0.2, -0.15) is 0 Å². The van der Waals surface area contributed by atoms with E-state index in [4.69, 9.17) is 0 Å². The van der Waals surface area contributed by atoms with Crippen molar-refractivity contribution >= 4 is 5.78 Å². The second kappa shape index (κ2) is 13.1. The monoisotopic (exact) mass is 255 g/mol. The van der Waals surface area contributed by atoms with Crippen LogP contribution >= 0.6 is 0 Å². The van der Waals surface area contributed by atoms with Gasteiger partial charge in [0.15, 0.2) is 0 Å². The largest absolute Gasteiger partial charge is 0.393 e. The molecule has 107 valence electrons. The summed E-state index contributed by atoms with van der Waals surface area (Å²) in [5.41, 5.74) is 0. The second-order valence-electron chi connectivity index (χ2n) is 5.26. The molecule has 0 saturated heterocycles. The fraction of sp³-hybridized carbons (Fsp3) is 0.875. The van der Waals surface area contributed by atoms with Crippen molar-refractivity contribution in [3.63, 3.8) is 0 Å². The second-order valence-corrected chi connectivity index (χ2v) is 5.26. The molecule has 0 heterocycles. The molecule has 0 aliphatic carbocycles. The Morgan fingerprint density at radius 2 is 1.50 bits per heavy atom. The fourth-order valence-electron chi connectivity index (χ4n) is 2.16. The molecule has 0 amide bonds. The average molecular weight is 255 g/mol. The molecule has 1 atom stereocenters. The van der Waals surface area contributed by atoms with Crippen LogP contribution in [0.15, 0.2) is 0 Å². The van der Waals surface area contributed by atoms with Gasteiger partial charge >= 0.3 is 0 Å². The van der Waals surface area contributed by atoms with E-state index in [1.54, 1.807) is 0 Å². The Morgan fingerprint density at radius 3 is 2.00 bits per heavy atom. The zero-order valence-electron chi connectivity index (χ0n) is 12.1. The first-order chi connectivity index (χ1) is 8.70. The molecule has 1 unspecified atom stereocenters. The highest BCUT2D eigenvalue weighted by Crippen LogP contribution is 2.12. The van der Waals surface area contributed by atoms with Crippen LogP contribution in [0.1, 0.15) is 84.0 Å². The van der Waals surface area contributed by atoms with Crippen LogP contribution in [0.4, 0.5) is 0 Å². The van der Waals surface area contributed by atoms with E-state index in [1.165, 1.54) is 51.4 Å². The summed E-state index contributed by atoms with van der Waals surface area (Å²) in [6.07, 6.45) is 12.5. The van der Waals surface area contributed by atoms with Gasteiger partial charge in [0.25, 0.3) is 0 Å². The predicted octanol–water partition coefficient (Wildman–Crippen LogP) is 4.45. The van der Waals surface area contributed by atoms with Crippen LogP contribution in [0.2, 0.25) is 0 Å². The Labute approximate surface area is 113 Å². The molecule has 0 aromatic rings. The lowest BCUT2D eigenvalue weighted by atomic mass is 10.0. The molecule has 2 heteroatoms. The molecule has 0 fully saturated rings. The number of hydrogen-bond acceptors (Lipinski definition) is 2. The van der Waals surface area contributed by atoms with Crippen molar-refractivity contribution in [3.8, 4) is 0 Å². The lowest BCUT2D eigenvalue weighted by Gasteiger charge is -2.08. The molecule has 1 radical (unpaired) electrons. The summed E-state index contributed by atoms with van der Waals surface area (Å²) in [6.45, 7) is 5.77. The quantitative estimate of drug-likeness (QED) is 0.494. The van der Waals surface area contributed by atoms with E-state index in [1.807, 2.05) is 0 Å². The molecule has 0 bridgehead atoms. The smallest absolute Gasteiger partial charge is 0.135 e. The van der Waals surface area contributed by atoms with Crippen LogP contribution in [-0.2, 0) is 4.79 Å². The van der Waals surface area contributed by atoms with E-state index < -0.39 is 6.10 Å². The highest BCUT2D eigenvalue weighted by molar-refractivity contribution is 5.79. The zero-order valence-corrected chi connectivity index (χ0v) is 12.1. The lowest BCUT2D eigenvalue weighted by Crippen LogP contribution is -2.12. The number of hydrogen-bond donors (Lipinski definition) is 1. The Bertz CT molecular complexity index is 190. The van der Waals surface area contributed by atoms with E-state index in [0.717, 1.165) is 12.8 Å². The third kappa shape index (κ3) is 12.1. The minimum Gasteiger partial charge on any atom is -0.393 e. The van der Waals surface area contributed by atoms with E-state index in [9.17, 15) is 9.90 Å². The molecule has 0 aromatic carbocycles. The fourth-order valence-corrected chi connectivity index (χ4v) is 2.16. The summed E-state index contributed by atoms with van der Waals surface area (Å²) in [5.74, 6) is 0.0680. The molecular formula is C16H31O2. The summed E-state index contributed by atoms with van der Waals surface area (Å²) in [7, 11) is 0. The summed E-state index contributed by atoms with van der Waals surface area (Å²) in [6, 6.07) is 0. The average Bonchev–Trinajstić information content (AvgIpc) is 2.36. The van der Waals surface area contributed by atoms with Crippen molar-refractivity contribution in [2.24, 2.45) is 0 Å². The van der Waals surface area contributed by atoms with Crippen LogP contribution in [0, 0.1) is 6.92 Å². The van der Waals surface area contributed by atoms with Gasteiger partial charge in [0.1, 0.15) is 5.78 Å². The summed E-state index contributed by atoms with van der Waals surface area (Å²) in [4.78, 5) is 11.1. The van der Waals surface area contributed by atoms with E-state index >= 15 is 0 Å². The van der Waals surface area contributed by atoms with Crippen molar-refractivity contribution in [3.05, 3.63) is 6.92 Å². The first-order valence-electron chi connectivity index (χ1n) is 7.69. The van der Waals surface area contributed by atoms with Gasteiger partial charge in [0.2, 0.25) is 0 Å². The Kier molecular flexibility index (Phi) is 12.8. The molecular weight excluding hydrogens is 224 g/mol. The van der Waals surface area contributed by atoms with Crippen LogP contribution in [0.5, 0.6) is 0 Å². The van der Waals surface area contributed by atoms with Gasteiger partial charge in [-0.15, -0.1) is 0 Å². The first kappa shape index (κ1) is 17.6. The number of carbonyl (C=O) groups is 1. The molecule has 0 rings (SSSR count). The highest BCUT2D eigenvalue weighted by Gasteiger charge is 2.08. The van der Waals surface area contributed by atoms with Crippen LogP contribution in [0.3, 0.4) is 0 Å². The van der Waals surface area contributed by atoms with E-state index in [-0.39, 0.29) is 5.78 Å². The van der Waals surface area contributed by atoms with Gasteiger partial charge in [-0.1, -0.05) is 64.7 Å². The summed E-state index contributed by atoms with van der Waals surface area (Å²) in [5, 5.41) is 9.60. The predicted molar refractivity (Wildman–Crippen MR) is 77.4 cm³/mol. The van der Waals surface area contributed by atoms with Gasteiger partial charge < -0.3 is 5.11 Å². The Morgan fingerprint density at radius 1 is 1.00 bits per heavy atom. The maximum Gasteiger partial charge on any atom is 0.135 e. The Balaban J connectivity index is 3.17.